The third-order valence-electron chi connectivity index (χ3n) is 2.85. The molecule has 0 bridgehead atoms. The Morgan fingerprint density at radius 2 is 1.72 bits per heavy atom. The first kappa shape index (κ1) is 20.8. The summed E-state index contributed by atoms with van der Waals surface area (Å²) in [4.78, 5) is 23.2. The van der Waals surface area contributed by atoms with Crippen LogP contribution in [0.15, 0.2) is 29.2 Å². The average molecular weight is 371 g/mol. The van der Waals surface area contributed by atoms with Crippen LogP contribution in [0.4, 0.5) is 15.3 Å². The second-order valence-corrected chi connectivity index (χ2v) is 8.05. The van der Waals surface area contributed by atoms with Gasteiger partial charge in [0, 0.05) is 12.2 Å². The lowest BCUT2D eigenvalue weighted by Gasteiger charge is -2.19. The van der Waals surface area contributed by atoms with Crippen LogP contribution in [0.1, 0.15) is 40.5 Å². The summed E-state index contributed by atoms with van der Waals surface area (Å²) in [5.74, 6) is 0. The molecule has 0 heterocycles. The molecule has 0 aromatic heterocycles. The van der Waals surface area contributed by atoms with E-state index in [-0.39, 0.29) is 4.90 Å². The molecule has 25 heavy (non-hydrogen) atoms. The molecule has 0 saturated heterocycles. The van der Waals surface area contributed by atoms with Gasteiger partial charge in [0.1, 0.15) is 5.60 Å². The highest BCUT2D eigenvalue weighted by Crippen LogP contribution is 2.15. The van der Waals surface area contributed by atoms with Crippen molar-refractivity contribution in [1.29, 1.82) is 0 Å². The number of carbonyl (C=O) groups is 2. The highest BCUT2D eigenvalue weighted by atomic mass is 32.2. The molecule has 8 nitrogen and oxygen atoms in total. The van der Waals surface area contributed by atoms with E-state index in [9.17, 15) is 18.0 Å². The highest BCUT2D eigenvalue weighted by molar-refractivity contribution is 7.90. The Balaban J connectivity index is 2.68. The van der Waals surface area contributed by atoms with Crippen molar-refractivity contribution in [2.75, 3.05) is 11.9 Å². The maximum absolute atomic E-state index is 12.1. The first-order chi connectivity index (χ1) is 11.5. The Morgan fingerprint density at radius 1 is 1.12 bits per heavy atom. The lowest BCUT2D eigenvalue weighted by molar-refractivity contribution is 0.0636. The van der Waals surface area contributed by atoms with Crippen LogP contribution in [-0.4, -0.2) is 32.7 Å². The number of urea groups is 1. The molecule has 3 amide bonds. The molecule has 3 N–H and O–H groups in total. The fourth-order valence-electron chi connectivity index (χ4n) is 1.73. The van der Waals surface area contributed by atoms with E-state index >= 15 is 0 Å². The molecule has 140 valence electrons. The van der Waals surface area contributed by atoms with Crippen LogP contribution in [0, 0.1) is 0 Å². The van der Waals surface area contributed by atoms with E-state index in [0.29, 0.717) is 12.2 Å². The number of ether oxygens (including phenoxy) is 1. The van der Waals surface area contributed by atoms with Gasteiger partial charge < -0.3 is 10.1 Å². The van der Waals surface area contributed by atoms with Crippen LogP contribution in [0.25, 0.3) is 0 Å². The Morgan fingerprint density at radius 3 is 2.24 bits per heavy atom. The van der Waals surface area contributed by atoms with Crippen LogP contribution in [0.2, 0.25) is 0 Å². The van der Waals surface area contributed by atoms with Crippen molar-refractivity contribution in [2.45, 2.75) is 51.0 Å². The van der Waals surface area contributed by atoms with E-state index in [2.05, 4.69) is 10.6 Å². The normalized spacial score (nSPS) is 11.5. The summed E-state index contributed by atoms with van der Waals surface area (Å²) in [5.41, 5.74) is -0.261. The molecule has 0 atom stereocenters. The lowest BCUT2D eigenvalue weighted by atomic mass is 10.2. The summed E-state index contributed by atoms with van der Waals surface area (Å²) in [6.07, 6.45) is 1.01. The molecule has 0 radical (unpaired) electrons. The molecular formula is C16H25N3O5S. The minimum atomic E-state index is -3.98. The number of sulfonamides is 1. The zero-order valence-electron chi connectivity index (χ0n) is 14.9. The van der Waals surface area contributed by atoms with Gasteiger partial charge in [-0.15, -0.1) is 0 Å². The van der Waals surface area contributed by atoms with Gasteiger partial charge >= 0.3 is 12.1 Å². The minimum Gasteiger partial charge on any atom is -0.444 e. The van der Waals surface area contributed by atoms with Crippen molar-refractivity contribution >= 4 is 27.8 Å². The largest absolute Gasteiger partial charge is 0.444 e. The summed E-state index contributed by atoms with van der Waals surface area (Å²) in [6, 6.07) is 4.62. The van der Waals surface area contributed by atoms with Crippen LogP contribution < -0.4 is 15.4 Å². The predicted molar refractivity (Wildman–Crippen MR) is 94.9 cm³/mol. The monoisotopic (exact) mass is 371 g/mol. The number of rotatable bonds is 6. The zero-order chi connectivity index (χ0) is 19.1. The van der Waals surface area contributed by atoms with Gasteiger partial charge in [-0.1, -0.05) is 13.3 Å². The van der Waals surface area contributed by atoms with Crippen LogP contribution in [-0.2, 0) is 14.8 Å². The van der Waals surface area contributed by atoms with Gasteiger partial charge in [0.15, 0.2) is 0 Å². The third kappa shape index (κ3) is 7.88. The smallest absolute Gasteiger partial charge is 0.412 e. The SMILES string of the molecule is CCCCNC(=O)NS(=O)(=O)c1ccc(NC(=O)OC(C)(C)C)cc1. The number of amides is 3. The van der Waals surface area contributed by atoms with E-state index in [4.69, 9.17) is 4.74 Å². The molecular weight excluding hydrogens is 346 g/mol. The number of benzene rings is 1. The Kier molecular flexibility index (Phi) is 7.22. The summed E-state index contributed by atoms with van der Waals surface area (Å²) >= 11 is 0. The molecule has 9 heteroatoms. The fourth-order valence-corrected chi connectivity index (χ4v) is 2.66. The van der Waals surface area contributed by atoms with Gasteiger partial charge in [-0.05, 0) is 51.5 Å². The maximum Gasteiger partial charge on any atom is 0.412 e. The molecule has 0 aliphatic carbocycles. The van der Waals surface area contributed by atoms with Crippen LogP contribution in [0.3, 0.4) is 0 Å². The third-order valence-corrected chi connectivity index (χ3v) is 4.20. The van der Waals surface area contributed by atoms with Gasteiger partial charge in [0.25, 0.3) is 10.0 Å². The summed E-state index contributed by atoms with van der Waals surface area (Å²) < 4.78 is 31.3. The number of nitrogens with one attached hydrogen (secondary N) is 3. The van der Waals surface area contributed by atoms with E-state index in [0.717, 1.165) is 12.8 Å². The van der Waals surface area contributed by atoms with E-state index in [1.54, 1.807) is 20.8 Å². The number of anilines is 1. The van der Waals surface area contributed by atoms with Crippen molar-refractivity contribution < 1.29 is 22.7 Å². The quantitative estimate of drug-likeness (QED) is 0.665. The fraction of sp³-hybridized carbons (Fsp3) is 0.500. The Bertz CT molecular complexity index is 693. The summed E-state index contributed by atoms with van der Waals surface area (Å²) in [7, 11) is -3.98. The zero-order valence-corrected chi connectivity index (χ0v) is 15.7. The molecule has 1 rings (SSSR count). The minimum absolute atomic E-state index is 0.0899. The topological polar surface area (TPSA) is 114 Å². The molecule has 0 fully saturated rings. The number of carbonyl (C=O) groups excluding carboxylic acids is 2. The number of hydrogen-bond acceptors (Lipinski definition) is 5. The molecule has 0 spiro atoms. The van der Waals surface area contributed by atoms with E-state index in [1.165, 1.54) is 24.3 Å². The summed E-state index contributed by atoms with van der Waals surface area (Å²) in [6.45, 7) is 7.57. The summed E-state index contributed by atoms with van der Waals surface area (Å²) in [5, 5.41) is 4.96. The molecule has 1 aromatic rings. The van der Waals surface area contributed by atoms with Gasteiger partial charge in [-0.25, -0.2) is 22.7 Å². The first-order valence-corrected chi connectivity index (χ1v) is 9.42. The van der Waals surface area contributed by atoms with E-state index in [1.807, 2.05) is 11.6 Å². The molecule has 0 unspecified atom stereocenters. The van der Waals surface area contributed by atoms with Gasteiger partial charge in [-0.3, -0.25) is 5.32 Å². The van der Waals surface area contributed by atoms with Crippen molar-refractivity contribution in [3.05, 3.63) is 24.3 Å². The van der Waals surface area contributed by atoms with Crippen molar-refractivity contribution in [2.24, 2.45) is 0 Å². The maximum atomic E-state index is 12.1. The lowest BCUT2D eigenvalue weighted by Crippen LogP contribution is -2.39. The average Bonchev–Trinajstić information content (AvgIpc) is 2.45. The standard InChI is InChI=1S/C16H25N3O5S/c1-5-6-11-17-14(20)19-25(22,23)13-9-7-12(8-10-13)18-15(21)24-16(2,3)4/h7-10H,5-6,11H2,1-4H3,(H,18,21)(H2,17,19,20). The van der Waals surface area contributed by atoms with Gasteiger partial charge in [0.05, 0.1) is 4.90 Å². The molecule has 0 saturated carbocycles. The van der Waals surface area contributed by atoms with Gasteiger partial charge in [0.2, 0.25) is 0 Å². The molecule has 0 aliphatic heterocycles. The number of unbranched alkanes of at least 4 members (excludes halogenated alkanes) is 1. The predicted octanol–water partition coefficient (Wildman–Crippen LogP) is 2.82. The molecule has 1 aromatic carbocycles. The van der Waals surface area contributed by atoms with Crippen molar-refractivity contribution in [3.8, 4) is 0 Å². The van der Waals surface area contributed by atoms with Crippen LogP contribution >= 0.6 is 0 Å². The second kappa shape index (κ2) is 8.70. The van der Waals surface area contributed by atoms with Crippen LogP contribution in [0.5, 0.6) is 0 Å². The second-order valence-electron chi connectivity index (χ2n) is 6.37. The number of hydrogen-bond donors (Lipinski definition) is 3. The van der Waals surface area contributed by atoms with Crippen molar-refractivity contribution in [1.82, 2.24) is 10.0 Å². The van der Waals surface area contributed by atoms with Crippen molar-refractivity contribution in [3.63, 3.8) is 0 Å². The Labute approximate surface area is 148 Å². The van der Waals surface area contributed by atoms with E-state index < -0.39 is 27.7 Å². The first-order valence-electron chi connectivity index (χ1n) is 7.94. The Hall–Kier alpha value is -2.29. The molecule has 0 aliphatic rings. The van der Waals surface area contributed by atoms with Gasteiger partial charge in [-0.2, -0.15) is 0 Å². The highest BCUT2D eigenvalue weighted by Gasteiger charge is 2.18.